The van der Waals surface area contributed by atoms with Gasteiger partial charge in [-0.1, -0.05) is 18.2 Å². The van der Waals surface area contributed by atoms with Crippen molar-refractivity contribution in [3.63, 3.8) is 0 Å². The Balaban J connectivity index is 1.76. The standard InChI is InChI=1S/C16H15N3O3S/c1-12(20)13-5-7-16(8-6-13)23(21,22)17-11-14-10-15-4-2-3-9-19(15)18-14/h2-10,17H,11H2,1H3. The largest absolute Gasteiger partial charge is 0.295 e. The van der Waals surface area contributed by atoms with E-state index in [0.29, 0.717) is 11.3 Å². The normalized spacial score (nSPS) is 11.7. The van der Waals surface area contributed by atoms with E-state index in [-0.39, 0.29) is 17.2 Å². The molecule has 0 radical (unpaired) electrons. The molecule has 0 amide bonds. The van der Waals surface area contributed by atoms with Gasteiger partial charge in [-0.15, -0.1) is 0 Å². The summed E-state index contributed by atoms with van der Waals surface area (Å²) < 4.78 is 28.7. The average molecular weight is 329 g/mol. The Bertz CT molecular complexity index is 927. The van der Waals surface area contributed by atoms with E-state index in [1.165, 1.54) is 31.2 Å². The van der Waals surface area contributed by atoms with Gasteiger partial charge in [-0.05, 0) is 37.3 Å². The highest BCUT2D eigenvalue weighted by atomic mass is 32.2. The van der Waals surface area contributed by atoms with Crippen LogP contribution in [-0.2, 0) is 16.6 Å². The Morgan fingerprint density at radius 1 is 1.17 bits per heavy atom. The summed E-state index contributed by atoms with van der Waals surface area (Å²) in [5, 5.41) is 4.29. The lowest BCUT2D eigenvalue weighted by molar-refractivity contribution is 0.101. The second kappa shape index (κ2) is 5.94. The Labute approximate surface area is 133 Å². The number of fused-ring (bicyclic) bond motifs is 1. The van der Waals surface area contributed by atoms with E-state index in [0.717, 1.165) is 5.52 Å². The molecule has 7 heteroatoms. The summed E-state index contributed by atoms with van der Waals surface area (Å²) in [6, 6.07) is 13.3. The van der Waals surface area contributed by atoms with Crippen molar-refractivity contribution in [1.82, 2.24) is 14.3 Å². The lowest BCUT2D eigenvalue weighted by Gasteiger charge is -2.05. The fraction of sp³-hybridized carbons (Fsp3) is 0.125. The SMILES string of the molecule is CC(=O)c1ccc(S(=O)(=O)NCc2cc3ccccn3n2)cc1. The number of hydrogen-bond acceptors (Lipinski definition) is 4. The first-order chi connectivity index (χ1) is 11.0. The topological polar surface area (TPSA) is 80.5 Å². The zero-order valence-electron chi connectivity index (χ0n) is 12.4. The molecule has 0 aliphatic rings. The van der Waals surface area contributed by atoms with Crippen LogP contribution in [-0.4, -0.2) is 23.8 Å². The van der Waals surface area contributed by atoms with Crippen LogP contribution in [0.25, 0.3) is 5.52 Å². The molecule has 0 unspecified atom stereocenters. The molecule has 0 saturated heterocycles. The first kappa shape index (κ1) is 15.4. The molecule has 0 atom stereocenters. The lowest BCUT2D eigenvalue weighted by Crippen LogP contribution is -2.23. The molecule has 2 aromatic heterocycles. The van der Waals surface area contributed by atoms with Crippen LogP contribution in [0.15, 0.2) is 59.6 Å². The molecule has 0 spiro atoms. The predicted octanol–water partition coefficient (Wildman–Crippen LogP) is 2.02. The Morgan fingerprint density at radius 3 is 2.57 bits per heavy atom. The van der Waals surface area contributed by atoms with Crippen LogP contribution in [0.4, 0.5) is 0 Å². The first-order valence-electron chi connectivity index (χ1n) is 7.00. The van der Waals surface area contributed by atoms with Crippen LogP contribution in [0.1, 0.15) is 23.0 Å². The third kappa shape index (κ3) is 3.30. The number of nitrogens with one attached hydrogen (secondary N) is 1. The monoisotopic (exact) mass is 329 g/mol. The third-order valence-corrected chi connectivity index (χ3v) is 4.85. The molecule has 0 aliphatic carbocycles. The van der Waals surface area contributed by atoms with Crippen LogP contribution in [0.3, 0.4) is 0 Å². The molecule has 0 aliphatic heterocycles. The molecule has 0 bridgehead atoms. The summed E-state index contributed by atoms with van der Waals surface area (Å²) in [5.41, 5.74) is 2.00. The van der Waals surface area contributed by atoms with E-state index < -0.39 is 10.0 Å². The number of aromatic nitrogens is 2. The summed E-state index contributed by atoms with van der Waals surface area (Å²) in [6.07, 6.45) is 1.80. The van der Waals surface area contributed by atoms with Crippen LogP contribution in [0.5, 0.6) is 0 Å². The molecule has 6 nitrogen and oxygen atoms in total. The minimum atomic E-state index is -3.65. The summed E-state index contributed by atoms with van der Waals surface area (Å²) in [5.74, 6) is -0.105. The Morgan fingerprint density at radius 2 is 1.91 bits per heavy atom. The summed E-state index contributed by atoms with van der Waals surface area (Å²) >= 11 is 0. The maximum atomic E-state index is 12.3. The minimum Gasteiger partial charge on any atom is -0.295 e. The third-order valence-electron chi connectivity index (χ3n) is 3.44. The number of hydrogen-bond donors (Lipinski definition) is 1. The predicted molar refractivity (Wildman–Crippen MR) is 85.7 cm³/mol. The van der Waals surface area contributed by atoms with E-state index in [1.807, 2.05) is 24.3 Å². The lowest BCUT2D eigenvalue weighted by atomic mass is 10.2. The van der Waals surface area contributed by atoms with Crippen molar-refractivity contribution in [3.05, 3.63) is 66.0 Å². The van der Waals surface area contributed by atoms with Gasteiger partial charge in [-0.2, -0.15) is 5.10 Å². The van der Waals surface area contributed by atoms with Crippen LogP contribution < -0.4 is 4.72 Å². The molecule has 1 N–H and O–H groups in total. The molecule has 0 saturated carbocycles. The van der Waals surface area contributed by atoms with E-state index in [9.17, 15) is 13.2 Å². The molecule has 3 aromatic rings. The van der Waals surface area contributed by atoms with Crippen molar-refractivity contribution in [2.24, 2.45) is 0 Å². The molecule has 0 fully saturated rings. The molecule has 3 rings (SSSR count). The molecule has 118 valence electrons. The summed E-state index contributed by atoms with van der Waals surface area (Å²) in [7, 11) is -3.65. The smallest absolute Gasteiger partial charge is 0.240 e. The molecule has 23 heavy (non-hydrogen) atoms. The fourth-order valence-corrected chi connectivity index (χ4v) is 3.20. The van der Waals surface area contributed by atoms with Gasteiger partial charge in [0.25, 0.3) is 0 Å². The van der Waals surface area contributed by atoms with Gasteiger partial charge in [0.2, 0.25) is 10.0 Å². The number of ketones is 1. The first-order valence-corrected chi connectivity index (χ1v) is 8.48. The number of carbonyl (C=O) groups excluding carboxylic acids is 1. The zero-order valence-corrected chi connectivity index (χ0v) is 13.2. The second-order valence-electron chi connectivity index (χ2n) is 5.11. The number of rotatable bonds is 5. The van der Waals surface area contributed by atoms with Crippen molar-refractivity contribution in [3.8, 4) is 0 Å². The average Bonchev–Trinajstić information content (AvgIpc) is 2.96. The maximum absolute atomic E-state index is 12.3. The Hall–Kier alpha value is -2.51. The van der Waals surface area contributed by atoms with Crippen LogP contribution in [0, 0.1) is 0 Å². The van der Waals surface area contributed by atoms with Crippen LogP contribution in [0.2, 0.25) is 0 Å². The quantitative estimate of drug-likeness (QED) is 0.726. The van der Waals surface area contributed by atoms with Gasteiger partial charge in [0, 0.05) is 11.8 Å². The highest BCUT2D eigenvalue weighted by Crippen LogP contribution is 2.12. The van der Waals surface area contributed by atoms with Gasteiger partial charge in [-0.25, -0.2) is 17.7 Å². The van der Waals surface area contributed by atoms with Crippen molar-refractivity contribution in [2.45, 2.75) is 18.4 Å². The number of Topliss-reactive ketones (excluding diaryl/α,β-unsaturated/α-hetero) is 1. The van der Waals surface area contributed by atoms with E-state index in [1.54, 1.807) is 10.7 Å². The Kier molecular flexibility index (Phi) is 3.97. The van der Waals surface area contributed by atoms with Crippen molar-refractivity contribution in [1.29, 1.82) is 0 Å². The molecular formula is C16H15N3O3S. The van der Waals surface area contributed by atoms with E-state index in [2.05, 4.69) is 9.82 Å². The highest BCUT2D eigenvalue weighted by molar-refractivity contribution is 7.89. The number of nitrogens with zero attached hydrogens (tertiary/aromatic N) is 2. The fourth-order valence-electron chi connectivity index (χ4n) is 2.20. The van der Waals surface area contributed by atoms with Gasteiger partial charge in [-0.3, -0.25) is 4.79 Å². The number of sulfonamides is 1. The van der Waals surface area contributed by atoms with Gasteiger partial charge in [0.05, 0.1) is 22.7 Å². The highest BCUT2D eigenvalue weighted by Gasteiger charge is 2.15. The molecule has 1 aromatic carbocycles. The summed E-state index contributed by atoms with van der Waals surface area (Å²) in [4.78, 5) is 11.3. The summed E-state index contributed by atoms with van der Waals surface area (Å²) in [6.45, 7) is 1.53. The molecule has 2 heterocycles. The van der Waals surface area contributed by atoms with E-state index in [4.69, 9.17) is 0 Å². The van der Waals surface area contributed by atoms with Gasteiger partial charge in [0.15, 0.2) is 5.78 Å². The van der Waals surface area contributed by atoms with Crippen molar-refractivity contribution < 1.29 is 13.2 Å². The minimum absolute atomic E-state index is 0.0957. The van der Waals surface area contributed by atoms with Crippen molar-refractivity contribution in [2.75, 3.05) is 0 Å². The van der Waals surface area contributed by atoms with Crippen LogP contribution >= 0.6 is 0 Å². The number of benzene rings is 1. The van der Waals surface area contributed by atoms with Gasteiger partial charge >= 0.3 is 0 Å². The number of carbonyl (C=O) groups is 1. The zero-order chi connectivity index (χ0) is 16.4. The molecular weight excluding hydrogens is 314 g/mol. The second-order valence-corrected chi connectivity index (χ2v) is 6.88. The van der Waals surface area contributed by atoms with Gasteiger partial charge in [0.1, 0.15) is 0 Å². The number of pyridine rings is 1. The maximum Gasteiger partial charge on any atom is 0.240 e. The van der Waals surface area contributed by atoms with Gasteiger partial charge < -0.3 is 0 Å². The van der Waals surface area contributed by atoms with Crippen molar-refractivity contribution >= 4 is 21.3 Å². The van der Waals surface area contributed by atoms with E-state index >= 15 is 0 Å².